The van der Waals surface area contributed by atoms with E-state index in [-0.39, 0.29) is 0 Å². The molecule has 198 valence electrons. The van der Waals surface area contributed by atoms with Crippen molar-refractivity contribution in [3.8, 4) is 0 Å². The summed E-state index contributed by atoms with van der Waals surface area (Å²) in [5.74, 6) is 0. The molecule has 5 heteroatoms. The molecular weight excluding hydrogens is 521 g/mol. The average Bonchev–Trinajstić information content (AvgIpc) is 3.16. The van der Waals surface area contributed by atoms with Crippen LogP contribution >= 0.6 is 0 Å². The van der Waals surface area contributed by atoms with E-state index in [1.807, 2.05) is 0 Å². The highest BCUT2D eigenvalue weighted by molar-refractivity contribution is 7.13. The van der Waals surface area contributed by atoms with Crippen LogP contribution in [0.4, 0.5) is 0 Å². The van der Waals surface area contributed by atoms with Gasteiger partial charge in [0, 0.05) is 10.6 Å². The molecule has 0 amide bonds. The molecule has 0 aliphatic carbocycles. The lowest BCUT2D eigenvalue weighted by molar-refractivity contribution is 1.31. The molecule has 5 rings (SSSR count). The number of rotatable bonds is 6. The maximum Gasteiger partial charge on any atom is 0.119 e. The predicted octanol–water partition coefficient (Wildman–Crippen LogP) is 7.89. The zero-order valence-electron chi connectivity index (χ0n) is 24.6. The molecule has 2 aromatic carbocycles. The molecule has 2 nitrogen and oxygen atoms in total. The van der Waals surface area contributed by atoms with Gasteiger partial charge in [0.2, 0.25) is 0 Å². The summed E-state index contributed by atoms with van der Waals surface area (Å²) >= 11 is 0. The van der Waals surface area contributed by atoms with E-state index in [4.69, 9.17) is 9.97 Å². The fourth-order valence-electron chi connectivity index (χ4n) is 5.67. The molecule has 1 aliphatic heterocycles. The van der Waals surface area contributed by atoms with Crippen LogP contribution in [0.5, 0.6) is 0 Å². The first-order valence-corrected chi connectivity index (χ1v) is 24.0. The summed E-state index contributed by atoms with van der Waals surface area (Å²) < 4.78 is 0. The minimum atomic E-state index is -2.27. The van der Waals surface area contributed by atoms with E-state index in [0.717, 1.165) is 11.4 Å². The van der Waals surface area contributed by atoms with Crippen molar-refractivity contribution >= 4 is 56.4 Å². The van der Waals surface area contributed by atoms with Gasteiger partial charge in [0.05, 0.1) is 11.4 Å². The molecule has 1 aliphatic rings. The van der Waals surface area contributed by atoms with Gasteiger partial charge < -0.3 is 0 Å². The Balaban J connectivity index is 1.90. The van der Waals surface area contributed by atoms with Gasteiger partial charge in [0.15, 0.2) is 0 Å². The first-order valence-electron chi connectivity index (χ1n) is 14.0. The summed E-state index contributed by atoms with van der Waals surface area (Å²) in [7, 11) is -5.46. The Morgan fingerprint density at radius 3 is 1.15 bits per heavy atom. The Bertz CT molecular complexity index is 1450. The van der Waals surface area contributed by atoms with Crippen molar-refractivity contribution in [2.24, 2.45) is 0 Å². The van der Waals surface area contributed by atoms with Crippen LogP contribution in [0.25, 0.3) is 21.5 Å². The van der Waals surface area contributed by atoms with E-state index in [9.17, 15) is 0 Å². The van der Waals surface area contributed by atoms with Crippen molar-refractivity contribution in [1.82, 2.24) is 9.97 Å². The second kappa shape index (κ2) is 10.1. The van der Waals surface area contributed by atoms with E-state index in [1.165, 1.54) is 43.3 Å². The molecule has 2 aromatic heterocycles. The van der Waals surface area contributed by atoms with Crippen molar-refractivity contribution in [2.75, 3.05) is 0 Å². The molecule has 0 N–H and O–H groups in total. The van der Waals surface area contributed by atoms with Crippen LogP contribution in [0.2, 0.25) is 52.4 Å². The zero-order chi connectivity index (χ0) is 28.0. The number of allylic oxidation sites excluding steroid dienone is 2. The largest absolute Gasteiger partial charge is 0.258 e. The van der Waals surface area contributed by atoms with Crippen LogP contribution in [-0.4, -0.2) is 34.2 Å². The number of benzene rings is 2. The fraction of sp³-hybridized carbons (Fsp3) is 0.235. The van der Waals surface area contributed by atoms with E-state index in [2.05, 4.69) is 149 Å². The highest BCUT2D eigenvalue weighted by Crippen LogP contribution is 2.54. The van der Waals surface area contributed by atoms with Gasteiger partial charge in [-0.05, 0) is 56.9 Å². The van der Waals surface area contributed by atoms with Gasteiger partial charge in [0.25, 0.3) is 0 Å². The summed E-state index contributed by atoms with van der Waals surface area (Å²) in [6, 6.07) is 35.3. The molecule has 0 fully saturated rings. The summed E-state index contributed by atoms with van der Waals surface area (Å²) in [6.45, 7) is 19.3. The van der Waals surface area contributed by atoms with Gasteiger partial charge >= 0.3 is 0 Å². The zero-order valence-corrected chi connectivity index (χ0v) is 27.6. The maximum absolute atomic E-state index is 5.41. The Labute approximate surface area is 237 Å². The molecule has 0 atom stereocenters. The predicted molar refractivity (Wildman–Crippen MR) is 178 cm³/mol. The third kappa shape index (κ3) is 5.23. The molecule has 0 saturated carbocycles. The topological polar surface area (TPSA) is 25.8 Å². The number of nitrogens with zero attached hydrogens (tertiary/aromatic N) is 2. The molecule has 0 saturated heterocycles. The monoisotopic (exact) mass is 560 g/mol. The number of pyridine rings is 2. The molecular formula is C34H40N2Si3. The van der Waals surface area contributed by atoms with Crippen molar-refractivity contribution in [2.45, 2.75) is 52.4 Å². The molecule has 3 heterocycles. The summed E-state index contributed by atoms with van der Waals surface area (Å²) in [5, 5.41) is 5.36. The van der Waals surface area contributed by atoms with Gasteiger partial charge in [0.1, 0.15) is 24.2 Å². The van der Waals surface area contributed by atoms with Crippen molar-refractivity contribution < 1.29 is 0 Å². The first-order chi connectivity index (χ1) is 18.4. The van der Waals surface area contributed by atoms with Crippen LogP contribution in [0, 0.1) is 0 Å². The smallest absolute Gasteiger partial charge is 0.119 e. The highest BCUT2D eigenvalue weighted by Gasteiger charge is 2.45. The van der Waals surface area contributed by atoms with Crippen LogP contribution in [-0.2, 0) is 0 Å². The van der Waals surface area contributed by atoms with Crippen LogP contribution in [0.1, 0.15) is 22.5 Å². The Morgan fingerprint density at radius 1 is 0.462 bits per heavy atom. The van der Waals surface area contributed by atoms with Gasteiger partial charge in [-0.2, -0.15) is 0 Å². The number of hydrogen-bond acceptors (Lipinski definition) is 2. The van der Waals surface area contributed by atoms with Gasteiger partial charge in [-0.15, -0.1) is 0 Å². The molecule has 39 heavy (non-hydrogen) atoms. The molecule has 4 aromatic rings. The molecule has 0 bridgehead atoms. The lowest BCUT2D eigenvalue weighted by atomic mass is 9.90. The van der Waals surface area contributed by atoms with Crippen molar-refractivity contribution in [3.63, 3.8) is 0 Å². The third-order valence-electron chi connectivity index (χ3n) is 7.67. The minimum absolute atomic E-state index is 1.13. The lowest BCUT2D eigenvalue weighted by Gasteiger charge is -2.27. The van der Waals surface area contributed by atoms with E-state index in [1.54, 1.807) is 0 Å². The minimum Gasteiger partial charge on any atom is -0.258 e. The molecule has 0 spiro atoms. The van der Waals surface area contributed by atoms with Crippen LogP contribution in [0.3, 0.4) is 0 Å². The second-order valence-electron chi connectivity index (χ2n) is 13.2. The lowest BCUT2D eigenvalue weighted by Crippen LogP contribution is -2.41. The van der Waals surface area contributed by atoms with Gasteiger partial charge in [-0.25, -0.2) is 0 Å². The maximum atomic E-state index is 5.41. The Kier molecular flexibility index (Phi) is 7.12. The van der Waals surface area contributed by atoms with E-state index < -0.39 is 24.2 Å². The van der Waals surface area contributed by atoms with Crippen molar-refractivity contribution in [1.29, 1.82) is 0 Å². The normalized spacial score (nSPS) is 15.7. The summed E-state index contributed by atoms with van der Waals surface area (Å²) in [4.78, 5) is 10.8. The average molecular weight is 561 g/mol. The van der Waals surface area contributed by atoms with E-state index >= 15 is 0 Å². The number of hydrogen-bond donors (Lipinski definition) is 0. The third-order valence-corrected chi connectivity index (χ3v) is 14.8. The van der Waals surface area contributed by atoms with Crippen molar-refractivity contribution in [3.05, 3.63) is 120 Å². The molecule has 0 radical (unpaired) electrons. The van der Waals surface area contributed by atoms with Crippen LogP contribution < -0.4 is 10.6 Å². The van der Waals surface area contributed by atoms with Gasteiger partial charge in [-0.3, -0.25) is 9.97 Å². The second-order valence-corrected chi connectivity index (χ2v) is 27.4. The fourth-order valence-corrected chi connectivity index (χ4v) is 11.4. The van der Waals surface area contributed by atoms with Gasteiger partial charge in [-0.1, -0.05) is 125 Å². The summed E-state index contributed by atoms with van der Waals surface area (Å²) in [5.41, 5.74) is 7.43. The molecule has 0 unspecified atom stereocenters. The number of aromatic nitrogens is 2. The van der Waals surface area contributed by atoms with E-state index in [0.29, 0.717) is 0 Å². The highest BCUT2D eigenvalue weighted by atomic mass is 28.3. The standard InChI is InChI=1S/C34H40N2Si3/c1-37(2,3)29-23-15-21-27(35-29)33-31(25-17-11-9-12-18-25)32(26-19-13-10-14-20-26)34(39(33,7)8)28-22-16-24-30(36-28)38(4,5)6/h9-24H,1-8H3. The SMILES string of the molecule is C[Si]1(C)C(c2cccc([Si](C)(C)C)n2)=C(c2ccccc2)C(c2ccccc2)=C1c1cccc([Si](C)(C)C)n1. The quantitative estimate of drug-likeness (QED) is 0.224. The Hall–Kier alpha value is -3.13. The Morgan fingerprint density at radius 2 is 0.821 bits per heavy atom. The first kappa shape index (κ1) is 27.4. The van der Waals surface area contributed by atoms with Crippen LogP contribution in [0.15, 0.2) is 97.1 Å². The summed E-state index contributed by atoms with van der Waals surface area (Å²) in [6.07, 6.45) is 0.